The monoisotopic (exact) mass is 488 g/mol. The second-order valence-electron chi connectivity index (χ2n) is 8.36. The Morgan fingerprint density at radius 1 is 0.606 bits per heavy atom. The molecule has 194 valence electrons. The van der Waals surface area contributed by atoms with Gasteiger partial charge in [0, 0.05) is 0 Å². The summed E-state index contributed by atoms with van der Waals surface area (Å²) in [6.45, 7) is 0.148. The number of aliphatic hydroxyl groups is 10. The summed E-state index contributed by atoms with van der Waals surface area (Å²) < 4.78 is 26.3. The van der Waals surface area contributed by atoms with E-state index in [0.717, 1.165) is 0 Å². The Morgan fingerprint density at radius 3 is 1.85 bits per heavy atom. The molecular formula is C18H32O15. The molecule has 0 saturated carbocycles. The minimum absolute atomic E-state index is 0.570. The van der Waals surface area contributed by atoms with Gasteiger partial charge in [0.05, 0.1) is 19.3 Å². The normalized spacial score (nSPS) is 53.7. The molecule has 0 bridgehead atoms. The van der Waals surface area contributed by atoms with E-state index in [9.17, 15) is 51.1 Å². The number of hydrogen-bond acceptors (Lipinski definition) is 15. The quantitative estimate of drug-likeness (QED) is 0.167. The Hall–Kier alpha value is -0.600. The zero-order valence-corrected chi connectivity index (χ0v) is 17.6. The molecular weight excluding hydrogens is 456 g/mol. The second kappa shape index (κ2) is 11.0. The van der Waals surface area contributed by atoms with Crippen molar-refractivity contribution in [1.29, 1.82) is 0 Å². The van der Waals surface area contributed by atoms with Gasteiger partial charge in [-0.15, -0.1) is 0 Å². The molecule has 0 radical (unpaired) electrons. The molecule has 0 aliphatic carbocycles. The lowest BCUT2D eigenvalue weighted by atomic mass is 9.97. The van der Waals surface area contributed by atoms with Crippen molar-refractivity contribution in [3.05, 3.63) is 0 Å². The van der Waals surface area contributed by atoms with E-state index >= 15 is 0 Å². The average molecular weight is 488 g/mol. The number of aliphatic hydroxyl groups excluding tert-OH is 10. The van der Waals surface area contributed by atoms with Gasteiger partial charge in [0.15, 0.2) is 18.9 Å². The van der Waals surface area contributed by atoms with E-state index in [4.69, 9.17) is 23.7 Å². The first kappa shape index (κ1) is 27.0. The van der Waals surface area contributed by atoms with E-state index in [2.05, 4.69) is 0 Å². The third-order valence-electron chi connectivity index (χ3n) is 6.03. The lowest BCUT2D eigenvalue weighted by Crippen LogP contribution is -2.64. The average Bonchev–Trinajstić information content (AvgIpc) is 2.79. The van der Waals surface area contributed by atoms with E-state index in [1.807, 2.05) is 0 Å². The van der Waals surface area contributed by atoms with Crippen LogP contribution in [0.1, 0.15) is 6.92 Å². The minimum Gasteiger partial charge on any atom is -0.394 e. The third kappa shape index (κ3) is 5.48. The Balaban J connectivity index is 1.64. The van der Waals surface area contributed by atoms with Crippen molar-refractivity contribution in [2.45, 2.75) is 99.0 Å². The van der Waals surface area contributed by atoms with Crippen molar-refractivity contribution in [1.82, 2.24) is 0 Å². The molecule has 10 N–H and O–H groups in total. The molecule has 3 fully saturated rings. The molecule has 3 saturated heterocycles. The first-order chi connectivity index (χ1) is 15.5. The molecule has 33 heavy (non-hydrogen) atoms. The lowest BCUT2D eigenvalue weighted by Gasteiger charge is -2.45. The van der Waals surface area contributed by atoms with Crippen LogP contribution >= 0.6 is 0 Å². The van der Waals surface area contributed by atoms with E-state index < -0.39 is 105 Å². The molecule has 0 aromatic carbocycles. The van der Waals surface area contributed by atoms with Crippen LogP contribution in [0.2, 0.25) is 0 Å². The van der Waals surface area contributed by atoms with Crippen molar-refractivity contribution in [3.8, 4) is 0 Å². The van der Waals surface area contributed by atoms with Crippen molar-refractivity contribution in [2.75, 3.05) is 13.2 Å². The van der Waals surface area contributed by atoms with Gasteiger partial charge < -0.3 is 74.7 Å². The first-order valence-corrected chi connectivity index (χ1v) is 10.4. The van der Waals surface area contributed by atoms with Crippen LogP contribution in [-0.2, 0) is 23.7 Å². The third-order valence-corrected chi connectivity index (χ3v) is 6.03. The molecule has 0 aromatic heterocycles. The van der Waals surface area contributed by atoms with Crippen molar-refractivity contribution < 1.29 is 74.7 Å². The highest BCUT2D eigenvalue weighted by atomic mass is 16.7. The van der Waals surface area contributed by atoms with E-state index in [-0.39, 0.29) is 0 Å². The maximum atomic E-state index is 10.6. The summed E-state index contributed by atoms with van der Waals surface area (Å²) in [5.41, 5.74) is 0. The van der Waals surface area contributed by atoms with E-state index in [1.165, 1.54) is 6.92 Å². The van der Waals surface area contributed by atoms with Crippen molar-refractivity contribution >= 4 is 0 Å². The Bertz CT molecular complexity index is 624. The van der Waals surface area contributed by atoms with Crippen molar-refractivity contribution in [3.63, 3.8) is 0 Å². The maximum Gasteiger partial charge on any atom is 0.187 e. The summed E-state index contributed by atoms with van der Waals surface area (Å²) in [4.78, 5) is 0. The zero-order valence-electron chi connectivity index (χ0n) is 17.6. The Labute approximate surface area is 187 Å². The van der Waals surface area contributed by atoms with Crippen LogP contribution in [0.25, 0.3) is 0 Å². The maximum absolute atomic E-state index is 10.6. The predicted octanol–water partition coefficient (Wildman–Crippen LogP) is -6.55. The summed E-state index contributed by atoms with van der Waals surface area (Å²) in [5.74, 6) is 0. The highest BCUT2D eigenvalue weighted by Gasteiger charge is 2.50. The fourth-order valence-electron chi connectivity index (χ4n) is 3.89. The van der Waals surface area contributed by atoms with Gasteiger partial charge in [-0.25, -0.2) is 0 Å². The van der Waals surface area contributed by atoms with E-state index in [1.54, 1.807) is 0 Å². The number of rotatable bonds is 6. The SMILES string of the molecule is C[C@@H]1O[C@@H](O[C@@H]2[C@@H](O)[C@@H](O)O[C@H](CO[C@H]3O[C@H](CO)[C@@H](O)[C@H](O)[C@H]3O)[C@H]2O)[C@H](O)[C@H](O)[C@H]1O. The smallest absolute Gasteiger partial charge is 0.187 e. The van der Waals surface area contributed by atoms with Crippen LogP contribution in [0.15, 0.2) is 0 Å². The summed E-state index contributed by atoms with van der Waals surface area (Å²) >= 11 is 0. The highest BCUT2D eigenvalue weighted by Crippen LogP contribution is 2.29. The van der Waals surface area contributed by atoms with Crippen LogP contribution in [0.3, 0.4) is 0 Å². The van der Waals surface area contributed by atoms with Gasteiger partial charge in [0.1, 0.15) is 67.1 Å². The summed E-state index contributed by atoms with van der Waals surface area (Å²) in [6, 6.07) is 0. The van der Waals surface area contributed by atoms with Gasteiger partial charge in [-0.1, -0.05) is 0 Å². The largest absolute Gasteiger partial charge is 0.394 e. The topological polar surface area (TPSA) is 248 Å². The molecule has 3 heterocycles. The molecule has 0 amide bonds. The van der Waals surface area contributed by atoms with Crippen LogP contribution in [0.5, 0.6) is 0 Å². The number of ether oxygens (including phenoxy) is 5. The molecule has 15 nitrogen and oxygen atoms in total. The predicted molar refractivity (Wildman–Crippen MR) is 99.8 cm³/mol. The lowest BCUT2D eigenvalue weighted by molar-refractivity contribution is -0.359. The molecule has 0 spiro atoms. The van der Waals surface area contributed by atoms with Gasteiger partial charge in [-0.05, 0) is 6.92 Å². The van der Waals surface area contributed by atoms with E-state index in [0.29, 0.717) is 0 Å². The van der Waals surface area contributed by atoms with Crippen LogP contribution in [-0.4, -0.2) is 156 Å². The molecule has 0 unspecified atom stereocenters. The standard InChI is InChI=1S/C18H32O15/c1-4-7(20)10(23)13(26)18(30-4)33-15-9(22)6(31-16(28)14(15)27)3-29-17-12(25)11(24)8(21)5(2-19)32-17/h4-28H,2-3H2,1H3/t4-,5+,6+,7-,8+,9+,10+,11-,12+,13+,14+,15-,16-,17-,18-/m0/s1. The van der Waals surface area contributed by atoms with Gasteiger partial charge >= 0.3 is 0 Å². The Kier molecular flexibility index (Phi) is 8.99. The van der Waals surface area contributed by atoms with Crippen LogP contribution in [0, 0.1) is 0 Å². The molecule has 3 rings (SSSR count). The van der Waals surface area contributed by atoms with Gasteiger partial charge in [0.2, 0.25) is 0 Å². The molecule has 0 aromatic rings. The molecule has 15 heteroatoms. The van der Waals surface area contributed by atoms with Crippen LogP contribution in [0.4, 0.5) is 0 Å². The molecule has 15 atom stereocenters. The van der Waals surface area contributed by atoms with Crippen molar-refractivity contribution in [2.24, 2.45) is 0 Å². The van der Waals surface area contributed by atoms with Gasteiger partial charge in [0.25, 0.3) is 0 Å². The summed E-state index contributed by atoms with van der Waals surface area (Å²) in [7, 11) is 0. The zero-order chi connectivity index (χ0) is 24.6. The summed E-state index contributed by atoms with van der Waals surface area (Å²) in [6.07, 6.45) is -23.5. The van der Waals surface area contributed by atoms with Gasteiger partial charge in [-0.3, -0.25) is 0 Å². The summed E-state index contributed by atoms with van der Waals surface area (Å²) in [5, 5.41) is 99.5. The fraction of sp³-hybridized carbons (Fsp3) is 1.00. The second-order valence-corrected chi connectivity index (χ2v) is 8.36. The molecule has 3 aliphatic heterocycles. The Morgan fingerprint density at radius 2 is 1.21 bits per heavy atom. The minimum atomic E-state index is -1.88. The highest BCUT2D eigenvalue weighted by molar-refractivity contribution is 4.94. The van der Waals surface area contributed by atoms with Gasteiger partial charge in [-0.2, -0.15) is 0 Å². The van der Waals surface area contributed by atoms with Crippen LogP contribution < -0.4 is 0 Å². The number of hydrogen-bond donors (Lipinski definition) is 10. The fourth-order valence-corrected chi connectivity index (χ4v) is 3.89. The molecule has 3 aliphatic rings. The first-order valence-electron chi connectivity index (χ1n) is 10.4.